The zero-order valence-corrected chi connectivity index (χ0v) is 15.3. The molecule has 2 rings (SSSR count). The summed E-state index contributed by atoms with van der Waals surface area (Å²) in [6.07, 6.45) is 1.27. The topological polar surface area (TPSA) is 124 Å². The molecule has 1 aromatic carbocycles. The van der Waals surface area contributed by atoms with Crippen LogP contribution in [0.15, 0.2) is 22.8 Å². The second-order valence-electron chi connectivity index (χ2n) is 4.26. The number of anilines is 1. The Morgan fingerprint density at radius 3 is 2.74 bits per heavy atom. The van der Waals surface area contributed by atoms with Gasteiger partial charge in [0.2, 0.25) is 0 Å². The van der Waals surface area contributed by atoms with E-state index in [4.69, 9.17) is 11.0 Å². The molecule has 0 unspecified atom stereocenters. The molecule has 0 aliphatic carbocycles. The van der Waals surface area contributed by atoms with Crippen LogP contribution in [0.1, 0.15) is 16.1 Å². The molecule has 0 saturated carbocycles. The maximum Gasteiger partial charge on any atom is 0.357 e. The summed E-state index contributed by atoms with van der Waals surface area (Å²) in [5, 5.41) is 20.5. The number of methoxy groups -OCH3 is 1. The molecule has 1 aromatic heterocycles. The molecular weight excluding hydrogens is 483 g/mol. The van der Waals surface area contributed by atoms with Crippen LogP contribution in [0.5, 0.6) is 0 Å². The van der Waals surface area contributed by atoms with Gasteiger partial charge in [0.25, 0.3) is 0 Å². The maximum atomic E-state index is 12.0. The summed E-state index contributed by atoms with van der Waals surface area (Å²) in [7, 11) is 1.16. The van der Waals surface area contributed by atoms with E-state index < -0.39 is 10.9 Å². The van der Waals surface area contributed by atoms with Gasteiger partial charge in [0, 0.05) is 10.7 Å². The van der Waals surface area contributed by atoms with Gasteiger partial charge in [-0.15, -0.1) is 0 Å². The molecule has 23 heavy (non-hydrogen) atoms. The molecule has 0 bridgehead atoms. The van der Waals surface area contributed by atoms with E-state index in [0.29, 0.717) is 8.04 Å². The van der Waals surface area contributed by atoms with E-state index in [1.54, 1.807) is 6.07 Å². The number of nitriles is 1. The molecule has 0 aliphatic heterocycles. The highest BCUT2D eigenvalue weighted by Gasteiger charge is 2.28. The number of nitrogens with zero attached hydrogens (tertiary/aromatic N) is 3. The van der Waals surface area contributed by atoms with Crippen molar-refractivity contribution in [3.05, 3.63) is 47.7 Å². The van der Waals surface area contributed by atoms with Gasteiger partial charge in [0.1, 0.15) is 15.3 Å². The highest BCUT2D eigenvalue weighted by molar-refractivity contribution is 14.1. The first-order chi connectivity index (χ1) is 10.8. The van der Waals surface area contributed by atoms with E-state index in [1.165, 1.54) is 16.8 Å². The Kier molecular flexibility index (Phi) is 4.90. The average molecular weight is 491 g/mol. The van der Waals surface area contributed by atoms with Gasteiger partial charge in [-0.1, -0.05) is 0 Å². The van der Waals surface area contributed by atoms with E-state index in [9.17, 15) is 14.9 Å². The molecule has 0 fully saturated rings. The minimum Gasteiger partial charge on any atom is -0.464 e. The van der Waals surface area contributed by atoms with E-state index in [2.05, 4.69) is 20.7 Å². The molecule has 8 nitrogen and oxygen atoms in total. The van der Waals surface area contributed by atoms with Crippen molar-refractivity contribution < 1.29 is 14.5 Å². The smallest absolute Gasteiger partial charge is 0.357 e. The number of ether oxygens (including phenoxy) is 1. The average Bonchev–Trinajstić information content (AvgIpc) is 2.85. The number of esters is 1. The minimum atomic E-state index is -0.795. The van der Waals surface area contributed by atoms with Crippen molar-refractivity contribution in [3.8, 4) is 11.8 Å². The number of hydrogen-bond donors (Lipinski definition) is 1. The summed E-state index contributed by atoms with van der Waals surface area (Å²) in [6, 6.07) is 4.91. The second kappa shape index (κ2) is 6.55. The lowest BCUT2D eigenvalue weighted by molar-refractivity contribution is -0.385. The normalized spacial score (nSPS) is 10.2. The van der Waals surface area contributed by atoms with Gasteiger partial charge in [-0.3, -0.25) is 10.1 Å². The molecule has 1 heterocycles. The number of carbonyl (C=O) groups is 1. The third-order valence-corrected chi connectivity index (χ3v) is 5.53. The Balaban J connectivity index is 2.88. The standard InChI is InChI=1S/C13H8BrIN4O4/c1-23-13(20)12-10(17)6(4-16)5-18(12)8-3-2-7(14)9(15)11(8)19(21)22/h2-3,5H,17H2,1H3. The summed E-state index contributed by atoms with van der Waals surface area (Å²) in [6.45, 7) is 0. The molecule has 0 spiro atoms. The first-order valence-electron chi connectivity index (χ1n) is 5.95. The summed E-state index contributed by atoms with van der Waals surface area (Å²) >= 11 is 5.05. The number of nitrogens with two attached hydrogens (primary N) is 1. The van der Waals surface area contributed by atoms with Crippen LogP contribution in [0.4, 0.5) is 11.4 Å². The number of nitro benzene ring substituents is 1. The van der Waals surface area contributed by atoms with E-state index in [1.807, 2.05) is 28.7 Å². The Labute approximate surface area is 152 Å². The van der Waals surface area contributed by atoms with Crippen LogP contribution in [0, 0.1) is 25.0 Å². The lowest BCUT2D eigenvalue weighted by atomic mass is 10.2. The second-order valence-corrected chi connectivity index (χ2v) is 6.20. The van der Waals surface area contributed by atoms with Gasteiger partial charge in [-0.05, 0) is 50.7 Å². The van der Waals surface area contributed by atoms with E-state index in [-0.39, 0.29) is 28.3 Å². The lowest BCUT2D eigenvalue weighted by Gasteiger charge is -2.10. The molecular formula is C13H8BrIN4O4. The molecule has 0 radical (unpaired) electrons. The highest BCUT2D eigenvalue weighted by Crippen LogP contribution is 2.36. The van der Waals surface area contributed by atoms with Gasteiger partial charge in [-0.2, -0.15) is 5.26 Å². The zero-order chi connectivity index (χ0) is 17.3. The van der Waals surface area contributed by atoms with Crippen molar-refractivity contribution in [3.63, 3.8) is 0 Å². The SMILES string of the molecule is COC(=O)c1c(N)c(C#N)cn1-c1ccc(Br)c(I)c1[N+](=O)[O-]. The van der Waals surface area contributed by atoms with E-state index >= 15 is 0 Å². The Morgan fingerprint density at radius 1 is 1.57 bits per heavy atom. The Bertz CT molecular complexity index is 872. The van der Waals surface area contributed by atoms with Gasteiger partial charge in [0.15, 0.2) is 5.69 Å². The van der Waals surface area contributed by atoms with Crippen LogP contribution in [-0.2, 0) is 4.74 Å². The fourth-order valence-electron chi connectivity index (χ4n) is 2.00. The first-order valence-corrected chi connectivity index (χ1v) is 7.82. The fourth-order valence-corrected chi connectivity index (χ4v) is 2.98. The number of carbonyl (C=O) groups excluding carboxylic acids is 1. The summed E-state index contributed by atoms with van der Waals surface area (Å²) < 4.78 is 6.75. The number of halogens is 2. The van der Waals surface area contributed by atoms with Crippen molar-refractivity contribution in [2.24, 2.45) is 0 Å². The number of nitrogen functional groups attached to an aromatic ring is 1. The summed E-state index contributed by atoms with van der Waals surface area (Å²) in [4.78, 5) is 22.8. The molecule has 2 N–H and O–H groups in total. The van der Waals surface area contributed by atoms with Crippen LogP contribution in [0.3, 0.4) is 0 Å². The van der Waals surface area contributed by atoms with Gasteiger partial charge in [0.05, 0.1) is 23.3 Å². The minimum absolute atomic E-state index is 0.0256. The molecule has 0 amide bonds. The zero-order valence-electron chi connectivity index (χ0n) is 11.5. The fraction of sp³-hybridized carbons (Fsp3) is 0.0769. The van der Waals surface area contributed by atoms with Crippen LogP contribution in [0.2, 0.25) is 0 Å². The van der Waals surface area contributed by atoms with Crippen molar-refractivity contribution in [2.75, 3.05) is 12.8 Å². The summed E-state index contributed by atoms with van der Waals surface area (Å²) in [5.41, 5.74) is 5.49. The number of rotatable bonds is 3. The monoisotopic (exact) mass is 490 g/mol. The van der Waals surface area contributed by atoms with Gasteiger partial charge < -0.3 is 15.0 Å². The maximum absolute atomic E-state index is 12.0. The predicted molar refractivity (Wildman–Crippen MR) is 93.3 cm³/mol. The number of hydrogen-bond acceptors (Lipinski definition) is 6. The van der Waals surface area contributed by atoms with Crippen molar-refractivity contribution in [1.82, 2.24) is 4.57 Å². The first kappa shape index (κ1) is 17.2. The number of benzene rings is 1. The quantitative estimate of drug-likeness (QED) is 0.305. The van der Waals surface area contributed by atoms with E-state index in [0.717, 1.165) is 7.11 Å². The Morgan fingerprint density at radius 2 is 2.22 bits per heavy atom. The third kappa shape index (κ3) is 2.89. The molecule has 0 atom stereocenters. The van der Waals surface area contributed by atoms with Crippen LogP contribution in [-0.4, -0.2) is 22.6 Å². The molecule has 10 heteroatoms. The lowest BCUT2D eigenvalue weighted by Crippen LogP contribution is -2.12. The van der Waals surface area contributed by atoms with Crippen LogP contribution >= 0.6 is 38.5 Å². The van der Waals surface area contributed by atoms with Gasteiger partial charge >= 0.3 is 11.7 Å². The molecule has 2 aromatic rings. The number of aromatic nitrogens is 1. The third-order valence-electron chi connectivity index (χ3n) is 3.03. The number of nitro groups is 1. The molecule has 0 saturated heterocycles. The largest absolute Gasteiger partial charge is 0.464 e. The van der Waals surface area contributed by atoms with Crippen molar-refractivity contribution in [2.45, 2.75) is 0 Å². The van der Waals surface area contributed by atoms with Gasteiger partial charge in [-0.25, -0.2) is 4.79 Å². The Hall–Kier alpha value is -2.13. The van der Waals surface area contributed by atoms with Crippen molar-refractivity contribution in [1.29, 1.82) is 5.26 Å². The van der Waals surface area contributed by atoms with Crippen molar-refractivity contribution >= 4 is 55.9 Å². The molecule has 0 aliphatic rings. The van der Waals surface area contributed by atoms with Crippen LogP contribution in [0.25, 0.3) is 5.69 Å². The molecule has 118 valence electrons. The predicted octanol–water partition coefficient (Wildman–Crippen LogP) is 2.99. The summed E-state index contributed by atoms with van der Waals surface area (Å²) in [5.74, 6) is -0.795. The van der Waals surface area contributed by atoms with Crippen LogP contribution < -0.4 is 5.73 Å². The highest BCUT2D eigenvalue weighted by atomic mass is 127.